The highest BCUT2D eigenvalue weighted by Crippen LogP contribution is 2.29. The van der Waals surface area contributed by atoms with E-state index in [4.69, 9.17) is 0 Å². The van der Waals surface area contributed by atoms with E-state index in [0.29, 0.717) is 35.3 Å². The van der Waals surface area contributed by atoms with E-state index in [-0.39, 0.29) is 24.1 Å². The van der Waals surface area contributed by atoms with Crippen LogP contribution in [0.25, 0.3) is 0 Å². The monoisotopic (exact) mass is 372 g/mol. The summed E-state index contributed by atoms with van der Waals surface area (Å²) in [4.78, 5) is 12.6. The number of fused-ring (bicyclic) bond motifs is 1. The third-order valence-electron chi connectivity index (χ3n) is 5.02. The van der Waals surface area contributed by atoms with Gasteiger partial charge in [-0.3, -0.25) is 4.79 Å². The van der Waals surface area contributed by atoms with E-state index in [1.807, 2.05) is 6.07 Å². The summed E-state index contributed by atoms with van der Waals surface area (Å²) in [5.41, 5.74) is 1.43. The Morgan fingerprint density at radius 3 is 2.75 bits per heavy atom. The number of rotatable bonds is 4. The molecule has 1 amide bonds. The number of aryl methyl sites for hydroxylation is 1. The normalized spacial score (nSPS) is 20.7. The number of halogens is 1. The third kappa shape index (κ3) is 4.29. The molecule has 0 aliphatic carbocycles. The summed E-state index contributed by atoms with van der Waals surface area (Å²) in [6, 6.07) is 5.21. The molecule has 3 rings (SSSR count). The van der Waals surface area contributed by atoms with E-state index in [0.717, 1.165) is 31.5 Å². The number of carbonyl (C=O) groups is 1. The Hall–Kier alpha value is -1.11. The molecule has 1 unspecified atom stereocenters. The highest BCUT2D eigenvalue weighted by Gasteiger charge is 2.27. The molecule has 134 valence electrons. The molecule has 1 aromatic carbocycles. The molecule has 0 saturated carbocycles. The zero-order chi connectivity index (χ0) is 16.4. The molecule has 1 atom stereocenters. The summed E-state index contributed by atoms with van der Waals surface area (Å²) < 4.78 is 23.9. The maximum atomic E-state index is 12.3. The smallest absolute Gasteiger partial charge is 0.224 e. The van der Waals surface area contributed by atoms with Gasteiger partial charge in [0.05, 0.1) is 10.6 Å². The predicted octanol–water partition coefficient (Wildman–Crippen LogP) is 2.40. The molecule has 2 heterocycles. The van der Waals surface area contributed by atoms with E-state index in [9.17, 15) is 13.2 Å². The van der Waals surface area contributed by atoms with E-state index in [1.165, 1.54) is 0 Å². The van der Waals surface area contributed by atoms with Crippen molar-refractivity contribution in [1.29, 1.82) is 0 Å². The lowest BCUT2D eigenvalue weighted by atomic mass is 9.84. The fraction of sp³-hybridized carbons (Fsp3) is 0.588. The number of piperidine rings is 1. The van der Waals surface area contributed by atoms with Gasteiger partial charge in [0.2, 0.25) is 5.91 Å². The van der Waals surface area contributed by atoms with Crippen molar-refractivity contribution >= 4 is 33.8 Å². The minimum absolute atomic E-state index is 0. The van der Waals surface area contributed by atoms with Crippen LogP contribution in [0, 0.1) is 11.8 Å². The van der Waals surface area contributed by atoms with Gasteiger partial charge in [-0.1, -0.05) is 13.0 Å². The van der Waals surface area contributed by atoms with Crippen molar-refractivity contribution in [2.75, 3.05) is 24.2 Å². The van der Waals surface area contributed by atoms with Crippen LogP contribution in [0.5, 0.6) is 0 Å². The first kappa shape index (κ1) is 19.2. The van der Waals surface area contributed by atoms with Crippen molar-refractivity contribution in [3.8, 4) is 0 Å². The lowest BCUT2D eigenvalue weighted by Crippen LogP contribution is -2.32. The van der Waals surface area contributed by atoms with Gasteiger partial charge >= 0.3 is 0 Å². The lowest BCUT2D eigenvalue weighted by Gasteiger charge is -2.27. The van der Waals surface area contributed by atoms with Gasteiger partial charge in [0.25, 0.3) is 0 Å². The van der Waals surface area contributed by atoms with Crippen molar-refractivity contribution < 1.29 is 13.2 Å². The van der Waals surface area contributed by atoms with Gasteiger partial charge in [-0.2, -0.15) is 0 Å². The number of sulfone groups is 1. The highest BCUT2D eigenvalue weighted by molar-refractivity contribution is 7.91. The second kappa shape index (κ2) is 7.85. The fourth-order valence-corrected chi connectivity index (χ4v) is 5.15. The number of anilines is 1. The molecule has 5 nitrogen and oxygen atoms in total. The summed E-state index contributed by atoms with van der Waals surface area (Å²) >= 11 is 0. The van der Waals surface area contributed by atoms with Crippen LogP contribution in [0.4, 0.5) is 5.69 Å². The summed E-state index contributed by atoms with van der Waals surface area (Å²) in [5, 5.41) is 6.20. The van der Waals surface area contributed by atoms with E-state index in [1.54, 1.807) is 12.1 Å². The summed E-state index contributed by atoms with van der Waals surface area (Å²) in [6.07, 6.45) is 3.28. The quantitative estimate of drug-likeness (QED) is 0.851. The number of carbonyl (C=O) groups excluding carboxylic acids is 1. The Morgan fingerprint density at radius 1 is 1.33 bits per heavy atom. The highest BCUT2D eigenvalue weighted by atomic mass is 35.5. The molecular formula is C17H25ClN2O3S. The lowest BCUT2D eigenvalue weighted by molar-refractivity contribution is -0.117. The zero-order valence-electron chi connectivity index (χ0n) is 13.9. The van der Waals surface area contributed by atoms with Crippen LogP contribution in [0.1, 0.15) is 31.7 Å². The predicted molar refractivity (Wildman–Crippen MR) is 97.5 cm³/mol. The molecule has 2 N–H and O–H groups in total. The van der Waals surface area contributed by atoms with Crippen LogP contribution in [-0.4, -0.2) is 33.2 Å². The molecule has 1 aromatic rings. The first-order valence-corrected chi connectivity index (χ1v) is 9.97. The van der Waals surface area contributed by atoms with Gasteiger partial charge < -0.3 is 10.6 Å². The molecule has 1 fully saturated rings. The number of amides is 1. The van der Waals surface area contributed by atoms with Crippen LogP contribution in [0.2, 0.25) is 0 Å². The molecule has 0 aromatic heterocycles. The summed E-state index contributed by atoms with van der Waals surface area (Å²) in [7, 11) is -3.16. The average Bonchev–Trinajstić information content (AvgIpc) is 2.83. The van der Waals surface area contributed by atoms with Gasteiger partial charge in [-0.05, 0) is 61.9 Å². The minimum atomic E-state index is -3.16. The minimum Gasteiger partial charge on any atom is -0.326 e. The fourth-order valence-electron chi connectivity index (χ4n) is 3.57. The van der Waals surface area contributed by atoms with E-state index >= 15 is 0 Å². The average molecular weight is 373 g/mol. The molecule has 0 radical (unpaired) electrons. The molecular weight excluding hydrogens is 348 g/mol. The number of nitrogens with one attached hydrogen (secondary N) is 2. The SMILES string of the molecule is CC(CC(=O)Nc1ccc2c(c1)S(=O)(=O)CC2)C1CCNCC1.Cl. The molecule has 7 heteroatoms. The number of hydrogen-bond acceptors (Lipinski definition) is 4. The second-order valence-electron chi connectivity index (χ2n) is 6.71. The molecule has 1 saturated heterocycles. The Balaban J connectivity index is 0.00000208. The van der Waals surface area contributed by atoms with Gasteiger partial charge in [0.15, 0.2) is 9.84 Å². The zero-order valence-corrected chi connectivity index (χ0v) is 15.5. The van der Waals surface area contributed by atoms with Gasteiger partial charge in [0, 0.05) is 12.1 Å². The molecule has 24 heavy (non-hydrogen) atoms. The first-order valence-electron chi connectivity index (χ1n) is 8.32. The van der Waals surface area contributed by atoms with Crippen molar-refractivity contribution in [2.45, 2.75) is 37.5 Å². The molecule has 0 bridgehead atoms. The maximum Gasteiger partial charge on any atom is 0.224 e. The van der Waals surface area contributed by atoms with Gasteiger partial charge in [0.1, 0.15) is 0 Å². The standard InChI is InChI=1S/C17H24N2O3S.ClH/c1-12(13-4-7-18-8-5-13)10-17(20)19-15-3-2-14-6-9-23(21,22)16(14)11-15;/h2-3,11-13,18H,4-10H2,1H3,(H,19,20);1H. The van der Waals surface area contributed by atoms with Crippen LogP contribution in [-0.2, 0) is 21.1 Å². The van der Waals surface area contributed by atoms with Crippen LogP contribution in [0.3, 0.4) is 0 Å². The summed E-state index contributed by atoms with van der Waals surface area (Å²) in [5.74, 6) is 1.07. The van der Waals surface area contributed by atoms with Gasteiger partial charge in [-0.15, -0.1) is 12.4 Å². The second-order valence-corrected chi connectivity index (χ2v) is 8.79. The van der Waals surface area contributed by atoms with Crippen molar-refractivity contribution in [3.63, 3.8) is 0 Å². The number of hydrogen-bond donors (Lipinski definition) is 2. The molecule has 2 aliphatic heterocycles. The molecule has 0 spiro atoms. The topological polar surface area (TPSA) is 75.3 Å². The Kier molecular flexibility index (Phi) is 6.28. The Labute approximate surface area is 149 Å². The Bertz CT molecular complexity index is 700. The first-order chi connectivity index (χ1) is 11.0. The van der Waals surface area contributed by atoms with E-state index < -0.39 is 9.84 Å². The van der Waals surface area contributed by atoms with Crippen molar-refractivity contribution in [3.05, 3.63) is 23.8 Å². The third-order valence-corrected chi connectivity index (χ3v) is 6.81. The van der Waals surface area contributed by atoms with Crippen LogP contribution in [0.15, 0.2) is 23.1 Å². The van der Waals surface area contributed by atoms with Crippen molar-refractivity contribution in [2.24, 2.45) is 11.8 Å². The van der Waals surface area contributed by atoms with E-state index in [2.05, 4.69) is 17.6 Å². The summed E-state index contributed by atoms with van der Waals surface area (Å²) in [6.45, 7) is 4.18. The largest absolute Gasteiger partial charge is 0.326 e. The Morgan fingerprint density at radius 2 is 2.04 bits per heavy atom. The van der Waals surface area contributed by atoms with Crippen molar-refractivity contribution in [1.82, 2.24) is 5.32 Å². The van der Waals surface area contributed by atoms with Gasteiger partial charge in [-0.25, -0.2) is 8.42 Å². The molecule has 2 aliphatic rings. The maximum absolute atomic E-state index is 12.3. The van der Waals surface area contributed by atoms with Crippen LogP contribution < -0.4 is 10.6 Å². The number of benzene rings is 1. The van der Waals surface area contributed by atoms with Crippen LogP contribution >= 0.6 is 12.4 Å².